The quantitative estimate of drug-likeness (QED) is 0.726. The van der Waals surface area contributed by atoms with Crippen LogP contribution in [0.5, 0.6) is 11.6 Å². The Morgan fingerprint density at radius 1 is 0.952 bits per heavy atom. The SMILES string of the molecule is CC.Cc1cc(C)nc(Oc2ccc(C(F)(F)F)cc2)c1. The van der Waals surface area contributed by atoms with Gasteiger partial charge in [0.25, 0.3) is 0 Å². The Kier molecular flexibility index (Phi) is 5.76. The van der Waals surface area contributed by atoms with E-state index in [1.54, 1.807) is 6.07 Å². The first-order valence-corrected chi connectivity index (χ1v) is 6.65. The van der Waals surface area contributed by atoms with Gasteiger partial charge in [-0.15, -0.1) is 0 Å². The van der Waals surface area contributed by atoms with Crippen LogP contribution in [0.2, 0.25) is 0 Å². The highest BCUT2D eigenvalue weighted by Gasteiger charge is 2.30. The van der Waals surface area contributed by atoms with Crippen LogP contribution in [0.1, 0.15) is 30.7 Å². The Hall–Kier alpha value is -2.04. The number of hydrogen-bond acceptors (Lipinski definition) is 2. The van der Waals surface area contributed by atoms with E-state index in [1.165, 1.54) is 12.1 Å². The van der Waals surface area contributed by atoms with Crippen LogP contribution in [0.3, 0.4) is 0 Å². The van der Waals surface area contributed by atoms with E-state index in [2.05, 4.69) is 4.98 Å². The van der Waals surface area contributed by atoms with Gasteiger partial charge in [0.2, 0.25) is 5.88 Å². The first-order valence-electron chi connectivity index (χ1n) is 6.65. The summed E-state index contributed by atoms with van der Waals surface area (Å²) in [6.07, 6.45) is -4.34. The second kappa shape index (κ2) is 7.11. The Balaban J connectivity index is 0.00000106. The molecule has 1 aromatic carbocycles. The minimum atomic E-state index is -4.34. The molecule has 2 rings (SSSR count). The lowest BCUT2D eigenvalue weighted by Gasteiger charge is -2.09. The average Bonchev–Trinajstić information content (AvgIpc) is 2.39. The molecule has 0 radical (unpaired) electrons. The lowest BCUT2D eigenvalue weighted by atomic mass is 10.2. The minimum absolute atomic E-state index is 0.325. The third-order valence-electron chi connectivity index (χ3n) is 2.48. The number of hydrogen-bond donors (Lipinski definition) is 0. The van der Waals surface area contributed by atoms with Crippen LogP contribution in [0.25, 0.3) is 0 Å². The van der Waals surface area contributed by atoms with Crippen LogP contribution in [-0.2, 0) is 6.18 Å². The van der Waals surface area contributed by atoms with E-state index < -0.39 is 11.7 Å². The lowest BCUT2D eigenvalue weighted by Crippen LogP contribution is -2.04. The molecule has 2 aromatic rings. The van der Waals surface area contributed by atoms with Crippen LogP contribution >= 0.6 is 0 Å². The summed E-state index contributed by atoms with van der Waals surface area (Å²) < 4.78 is 42.6. The van der Waals surface area contributed by atoms with E-state index in [-0.39, 0.29) is 0 Å². The highest BCUT2D eigenvalue weighted by atomic mass is 19.4. The molecule has 1 heterocycles. The number of alkyl halides is 3. The monoisotopic (exact) mass is 297 g/mol. The van der Waals surface area contributed by atoms with E-state index in [4.69, 9.17) is 4.74 Å². The fourth-order valence-corrected chi connectivity index (χ4v) is 1.69. The maximum atomic E-state index is 12.4. The zero-order chi connectivity index (χ0) is 16.0. The summed E-state index contributed by atoms with van der Waals surface area (Å²) in [6.45, 7) is 7.72. The van der Waals surface area contributed by atoms with Gasteiger partial charge in [-0.1, -0.05) is 13.8 Å². The molecule has 0 unspecified atom stereocenters. The normalized spacial score (nSPS) is 10.6. The summed E-state index contributed by atoms with van der Waals surface area (Å²) in [5.74, 6) is 0.697. The number of pyridine rings is 1. The van der Waals surface area contributed by atoms with Crippen molar-refractivity contribution in [3.05, 3.63) is 53.2 Å². The molecule has 0 aliphatic heterocycles. The second-order valence-corrected chi connectivity index (χ2v) is 4.25. The number of halogens is 3. The fraction of sp³-hybridized carbons (Fsp3) is 0.312. The summed E-state index contributed by atoms with van der Waals surface area (Å²) in [7, 11) is 0. The Labute approximate surface area is 122 Å². The maximum absolute atomic E-state index is 12.4. The van der Waals surface area contributed by atoms with Gasteiger partial charge < -0.3 is 4.74 Å². The van der Waals surface area contributed by atoms with E-state index in [9.17, 15) is 13.2 Å². The third kappa shape index (κ3) is 5.10. The zero-order valence-corrected chi connectivity index (χ0v) is 12.5. The van der Waals surface area contributed by atoms with Crippen LogP contribution < -0.4 is 4.74 Å². The maximum Gasteiger partial charge on any atom is 0.416 e. The van der Waals surface area contributed by atoms with Crippen molar-refractivity contribution in [2.24, 2.45) is 0 Å². The molecule has 0 aliphatic carbocycles. The van der Waals surface area contributed by atoms with Crippen LogP contribution in [0.4, 0.5) is 13.2 Å². The lowest BCUT2D eigenvalue weighted by molar-refractivity contribution is -0.137. The number of nitrogens with zero attached hydrogens (tertiary/aromatic N) is 1. The summed E-state index contributed by atoms with van der Waals surface area (Å²) in [5.41, 5.74) is 1.07. The van der Waals surface area contributed by atoms with Crippen LogP contribution in [0, 0.1) is 13.8 Å². The molecule has 21 heavy (non-hydrogen) atoms. The van der Waals surface area contributed by atoms with Gasteiger partial charge in [0.1, 0.15) is 5.75 Å². The number of rotatable bonds is 2. The number of ether oxygens (including phenoxy) is 1. The summed E-state index contributed by atoms with van der Waals surface area (Å²) in [4.78, 5) is 4.16. The van der Waals surface area contributed by atoms with E-state index in [1.807, 2.05) is 33.8 Å². The highest BCUT2D eigenvalue weighted by molar-refractivity contribution is 5.33. The van der Waals surface area contributed by atoms with Gasteiger partial charge in [-0.2, -0.15) is 13.2 Å². The Morgan fingerprint density at radius 3 is 2.00 bits per heavy atom. The van der Waals surface area contributed by atoms with Crippen LogP contribution in [-0.4, -0.2) is 4.98 Å². The predicted octanol–water partition coefficient (Wildman–Crippen LogP) is 5.54. The average molecular weight is 297 g/mol. The largest absolute Gasteiger partial charge is 0.439 e. The molecular formula is C16H18F3NO. The van der Waals surface area contributed by atoms with Crippen molar-refractivity contribution in [3.63, 3.8) is 0 Å². The summed E-state index contributed by atoms with van der Waals surface area (Å²) in [5, 5.41) is 0. The van der Waals surface area contributed by atoms with Crippen molar-refractivity contribution in [1.29, 1.82) is 0 Å². The fourth-order valence-electron chi connectivity index (χ4n) is 1.69. The molecule has 0 bridgehead atoms. The van der Waals surface area contributed by atoms with Gasteiger partial charge in [0.05, 0.1) is 5.56 Å². The molecule has 0 N–H and O–H groups in total. The number of aryl methyl sites for hydroxylation is 2. The standard InChI is InChI=1S/C14H12F3NO.C2H6/c1-9-7-10(2)18-13(8-9)19-12-5-3-11(4-6-12)14(15,16)17;1-2/h3-8H,1-2H3;1-2H3. The number of benzene rings is 1. The molecule has 1 aromatic heterocycles. The van der Waals surface area contributed by atoms with E-state index in [0.29, 0.717) is 11.6 Å². The van der Waals surface area contributed by atoms with Crippen molar-refractivity contribution < 1.29 is 17.9 Å². The summed E-state index contributed by atoms with van der Waals surface area (Å²) in [6, 6.07) is 8.14. The molecule has 0 saturated carbocycles. The molecule has 0 aliphatic rings. The molecule has 0 saturated heterocycles. The molecule has 2 nitrogen and oxygen atoms in total. The Bertz CT molecular complexity index is 557. The second-order valence-electron chi connectivity index (χ2n) is 4.25. The first kappa shape index (κ1) is 17.0. The molecule has 0 amide bonds. The van der Waals surface area contributed by atoms with E-state index >= 15 is 0 Å². The predicted molar refractivity (Wildman–Crippen MR) is 76.6 cm³/mol. The van der Waals surface area contributed by atoms with Gasteiger partial charge in [0.15, 0.2) is 0 Å². The molecule has 0 atom stereocenters. The van der Waals surface area contributed by atoms with Gasteiger partial charge in [-0.05, 0) is 49.7 Å². The molecule has 0 spiro atoms. The first-order chi connectivity index (χ1) is 9.84. The van der Waals surface area contributed by atoms with Crippen molar-refractivity contribution in [3.8, 4) is 11.6 Å². The van der Waals surface area contributed by atoms with Crippen LogP contribution in [0.15, 0.2) is 36.4 Å². The van der Waals surface area contributed by atoms with Gasteiger partial charge in [-0.25, -0.2) is 4.98 Å². The molecule has 114 valence electrons. The molecule has 0 fully saturated rings. The smallest absolute Gasteiger partial charge is 0.416 e. The topological polar surface area (TPSA) is 22.1 Å². The van der Waals surface area contributed by atoms with Gasteiger partial charge in [-0.3, -0.25) is 0 Å². The molecular weight excluding hydrogens is 279 g/mol. The third-order valence-corrected chi connectivity index (χ3v) is 2.48. The number of aromatic nitrogens is 1. The van der Waals surface area contributed by atoms with E-state index in [0.717, 1.165) is 23.4 Å². The highest BCUT2D eigenvalue weighted by Crippen LogP contribution is 2.31. The minimum Gasteiger partial charge on any atom is -0.439 e. The van der Waals surface area contributed by atoms with Crippen molar-refractivity contribution in [2.75, 3.05) is 0 Å². The zero-order valence-electron chi connectivity index (χ0n) is 12.5. The van der Waals surface area contributed by atoms with Crippen molar-refractivity contribution >= 4 is 0 Å². The molecule has 5 heteroatoms. The van der Waals surface area contributed by atoms with Gasteiger partial charge >= 0.3 is 6.18 Å². The van der Waals surface area contributed by atoms with Crippen molar-refractivity contribution in [1.82, 2.24) is 4.98 Å². The van der Waals surface area contributed by atoms with Crippen molar-refractivity contribution in [2.45, 2.75) is 33.9 Å². The Morgan fingerprint density at radius 2 is 1.52 bits per heavy atom. The summed E-state index contributed by atoms with van der Waals surface area (Å²) >= 11 is 0. The van der Waals surface area contributed by atoms with Gasteiger partial charge in [0, 0.05) is 11.8 Å².